The van der Waals surface area contributed by atoms with Crippen molar-refractivity contribution in [2.75, 3.05) is 0 Å². The van der Waals surface area contributed by atoms with E-state index in [2.05, 4.69) is 19.9 Å². The van der Waals surface area contributed by atoms with Crippen molar-refractivity contribution in [2.24, 2.45) is 17.8 Å². The molecule has 3 atom stereocenters. The van der Waals surface area contributed by atoms with Gasteiger partial charge < -0.3 is 4.74 Å². The van der Waals surface area contributed by atoms with E-state index in [0.717, 1.165) is 12.8 Å². The molecular weight excluding hydrogens is 266 g/mol. The number of ether oxygens (including phenoxy) is 1. The Morgan fingerprint density at radius 3 is 2.57 bits per heavy atom. The largest absolute Gasteiger partial charge is 0.441 e. The van der Waals surface area contributed by atoms with Gasteiger partial charge in [0.15, 0.2) is 0 Å². The van der Waals surface area contributed by atoms with Crippen LogP contribution in [0.15, 0.2) is 11.6 Å². The Morgan fingerprint density at radius 1 is 1.43 bits per heavy atom. The van der Waals surface area contributed by atoms with E-state index < -0.39 is 11.7 Å². The Balaban J connectivity index is 2.27. The molecule has 0 aromatic heterocycles. The van der Waals surface area contributed by atoms with Crippen molar-refractivity contribution in [1.29, 1.82) is 0 Å². The van der Waals surface area contributed by atoms with Crippen LogP contribution in [0.1, 0.15) is 54.4 Å². The van der Waals surface area contributed by atoms with E-state index in [1.165, 1.54) is 10.5 Å². The van der Waals surface area contributed by atoms with Crippen LogP contribution in [0.3, 0.4) is 0 Å². The van der Waals surface area contributed by atoms with Gasteiger partial charge in [0.2, 0.25) is 5.91 Å². The fraction of sp³-hybridized carbons (Fsp3) is 0.765. The van der Waals surface area contributed by atoms with Gasteiger partial charge in [0.25, 0.3) is 0 Å². The summed E-state index contributed by atoms with van der Waals surface area (Å²) in [5.74, 6) is 0.260. The zero-order valence-corrected chi connectivity index (χ0v) is 14.0. The highest BCUT2D eigenvalue weighted by atomic mass is 16.6. The zero-order chi connectivity index (χ0) is 15.9. The van der Waals surface area contributed by atoms with E-state index in [-0.39, 0.29) is 29.7 Å². The molecule has 0 aromatic carbocycles. The lowest BCUT2D eigenvalue weighted by Gasteiger charge is -2.34. The molecule has 1 fully saturated rings. The fourth-order valence-electron chi connectivity index (χ4n) is 3.90. The number of imide groups is 1. The summed E-state index contributed by atoms with van der Waals surface area (Å²) in [4.78, 5) is 26.5. The maximum atomic E-state index is 12.9. The number of carbonyl (C=O) groups excluding carboxylic acids is 2. The lowest BCUT2D eigenvalue weighted by Crippen LogP contribution is -2.50. The highest BCUT2D eigenvalue weighted by molar-refractivity contribution is 5.95. The molecule has 2 aliphatic rings. The summed E-state index contributed by atoms with van der Waals surface area (Å²) in [5.41, 5.74) is 0.709. The maximum absolute atomic E-state index is 12.9. The van der Waals surface area contributed by atoms with Crippen LogP contribution in [-0.2, 0) is 9.53 Å². The molecule has 118 valence electrons. The number of cyclic esters (lactones) is 1. The molecule has 0 spiro atoms. The topological polar surface area (TPSA) is 46.6 Å². The van der Waals surface area contributed by atoms with Gasteiger partial charge in [-0.2, -0.15) is 0 Å². The molecule has 1 aliphatic heterocycles. The molecule has 0 bridgehead atoms. The van der Waals surface area contributed by atoms with Crippen LogP contribution in [0.2, 0.25) is 0 Å². The first kappa shape index (κ1) is 16.1. The van der Waals surface area contributed by atoms with Crippen molar-refractivity contribution >= 4 is 12.0 Å². The average molecular weight is 293 g/mol. The molecule has 0 N–H and O–H groups in total. The number of rotatable bonds is 2. The summed E-state index contributed by atoms with van der Waals surface area (Å²) in [6.07, 6.45) is 3.29. The quantitative estimate of drug-likeness (QED) is 0.728. The Bertz CT molecular complexity index is 478. The first-order valence-corrected chi connectivity index (χ1v) is 7.86. The van der Waals surface area contributed by atoms with E-state index in [0.29, 0.717) is 0 Å². The average Bonchev–Trinajstić information content (AvgIpc) is 2.57. The van der Waals surface area contributed by atoms with E-state index >= 15 is 0 Å². The highest BCUT2D eigenvalue weighted by Crippen LogP contribution is 2.38. The number of amides is 2. The summed E-state index contributed by atoms with van der Waals surface area (Å²) >= 11 is 0. The first-order valence-electron chi connectivity index (χ1n) is 7.86. The molecule has 0 radical (unpaired) electrons. The highest BCUT2D eigenvalue weighted by Gasteiger charge is 2.53. The SMILES string of the molecule is CC1=CC[C@@H](C(=O)N2C(=O)OC(C)(C)[C@@H]2C(C)C)[C@H](C)C1. The van der Waals surface area contributed by atoms with E-state index in [1.807, 2.05) is 27.7 Å². The minimum atomic E-state index is -0.620. The zero-order valence-electron chi connectivity index (χ0n) is 14.0. The van der Waals surface area contributed by atoms with Crippen LogP contribution in [0, 0.1) is 17.8 Å². The van der Waals surface area contributed by atoms with Crippen LogP contribution >= 0.6 is 0 Å². The molecule has 2 amide bonds. The molecule has 1 aliphatic carbocycles. The lowest BCUT2D eigenvalue weighted by molar-refractivity contribution is -0.136. The Kier molecular flexibility index (Phi) is 4.18. The van der Waals surface area contributed by atoms with Crippen molar-refractivity contribution in [3.05, 3.63) is 11.6 Å². The normalized spacial score (nSPS) is 32.1. The molecular formula is C17H27NO3. The fourth-order valence-corrected chi connectivity index (χ4v) is 3.90. The van der Waals surface area contributed by atoms with Gasteiger partial charge in [-0.25, -0.2) is 9.69 Å². The summed E-state index contributed by atoms with van der Waals surface area (Å²) in [6, 6.07) is -0.197. The third-order valence-electron chi connectivity index (χ3n) is 4.77. The van der Waals surface area contributed by atoms with E-state index in [4.69, 9.17) is 4.74 Å². The second-order valence-electron chi connectivity index (χ2n) is 7.44. The minimum Gasteiger partial charge on any atom is -0.441 e. The Labute approximate surface area is 127 Å². The number of hydrogen-bond acceptors (Lipinski definition) is 3. The molecule has 0 saturated carbocycles. The van der Waals surface area contributed by atoms with Crippen LogP contribution in [0.5, 0.6) is 0 Å². The van der Waals surface area contributed by atoms with Crippen LogP contribution < -0.4 is 0 Å². The third-order valence-corrected chi connectivity index (χ3v) is 4.77. The summed E-state index contributed by atoms with van der Waals surface area (Å²) < 4.78 is 5.45. The molecule has 1 saturated heterocycles. The van der Waals surface area contributed by atoms with Gasteiger partial charge in [-0.15, -0.1) is 0 Å². The smallest absolute Gasteiger partial charge is 0.417 e. The molecule has 4 nitrogen and oxygen atoms in total. The predicted molar refractivity (Wildman–Crippen MR) is 81.7 cm³/mol. The van der Waals surface area contributed by atoms with Crippen LogP contribution in [-0.4, -0.2) is 28.5 Å². The predicted octanol–water partition coefficient (Wildman–Crippen LogP) is 3.76. The molecule has 1 heterocycles. The second-order valence-corrected chi connectivity index (χ2v) is 7.44. The van der Waals surface area contributed by atoms with Crippen LogP contribution in [0.25, 0.3) is 0 Å². The number of hydrogen-bond donors (Lipinski definition) is 0. The third kappa shape index (κ3) is 2.85. The van der Waals surface area contributed by atoms with Gasteiger partial charge in [0.1, 0.15) is 5.60 Å². The Morgan fingerprint density at radius 2 is 2.05 bits per heavy atom. The van der Waals surface area contributed by atoms with Crippen molar-refractivity contribution in [2.45, 2.75) is 66.0 Å². The maximum Gasteiger partial charge on any atom is 0.417 e. The van der Waals surface area contributed by atoms with Gasteiger partial charge in [-0.05, 0) is 45.4 Å². The van der Waals surface area contributed by atoms with Crippen molar-refractivity contribution in [3.8, 4) is 0 Å². The summed E-state index contributed by atoms with van der Waals surface area (Å²) in [6.45, 7) is 12.0. The second kappa shape index (κ2) is 5.47. The molecule has 0 unspecified atom stereocenters. The molecule has 4 heteroatoms. The van der Waals surface area contributed by atoms with Gasteiger partial charge in [-0.3, -0.25) is 4.79 Å². The molecule has 2 rings (SSSR count). The molecule has 21 heavy (non-hydrogen) atoms. The monoisotopic (exact) mass is 293 g/mol. The number of nitrogens with zero attached hydrogens (tertiary/aromatic N) is 1. The molecule has 0 aromatic rings. The van der Waals surface area contributed by atoms with E-state index in [1.54, 1.807) is 0 Å². The van der Waals surface area contributed by atoms with Crippen LogP contribution in [0.4, 0.5) is 4.79 Å². The summed E-state index contributed by atoms with van der Waals surface area (Å²) in [7, 11) is 0. The van der Waals surface area contributed by atoms with Gasteiger partial charge >= 0.3 is 6.09 Å². The first-order chi connectivity index (χ1) is 9.65. The van der Waals surface area contributed by atoms with E-state index in [9.17, 15) is 9.59 Å². The standard InChI is InChI=1S/C17H27NO3/c1-10(2)14-17(5,6)21-16(20)18(14)15(19)13-8-7-11(3)9-12(13)4/h7,10,12-14H,8-9H2,1-6H3/t12-,13-,14+/m1/s1. The summed E-state index contributed by atoms with van der Waals surface area (Å²) in [5, 5.41) is 0. The van der Waals surface area contributed by atoms with Crippen molar-refractivity contribution < 1.29 is 14.3 Å². The minimum absolute atomic E-state index is 0.0690. The Hall–Kier alpha value is -1.32. The van der Waals surface area contributed by atoms with Gasteiger partial charge in [0.05, 0.1) is 6.04 Å². The number of carbonyl (C=O) groups is 2. The number of allylic oxidation sites excluding steroid dienone is 2. The van der Waals surface area contributed by atoms with Gasteiger partial charge in [-0.1, -0.05) is 32.4 Å². The van der Waals surface area contributed by atoms with Gasteiger partial charge in [0, 0.05) is 5.92 Å². The lowest BCUT2D eigenvalue weighted by atomic mass is 9.79. The van der Waals surface area contributed by atoms with Crippen molar-refractivity contribution in [3.63, 3.8) is 0 Å². The van der Waals surface area contributed by atoms with Crippen molar-refractivity contribution in [1.82, 2.24) is 4.90 Å².